The third-order valence-corrected chi connectivity index (χ3v) is 4.62. The summed E-state index contributed by atoms with van der Waals surface area (Å²) >= 11 is 0. The molecule has 1 aliphatic heterocycles. The van der Waals surface area contributed by atoms with E-state index < -0.39 is 9.84 Å². The lowest BCUT2D eigenvalue weighted by Crippen LogP contribution is -2.33. The first-order valence-corrected chi connectivity index (χ1v) is 8.71. The summed E-state index contributed by atoms with van der Waals surface area (Å²) in [4.78, 5) is 2.84. The lowest BCUT2D eigenvalue weighted by Gasteiger charge is -2.26. The number of nitrogens with one attached hydrogen (secondary N) is 1. The number of sulfone groups is 1. The largest absolute Gasteiger partial charge is 0.384 e. The van der Waals surface area contributed by atoms with Crippen molar-refractivity contribution in [3.8, 4) is 0 Å². The molecule has 0 amide bonds. The maximum Gasteiger partial charge on any atom is 0.175 e. The Morgan fingerprint density at radius 3 is 2.32 bits per heavy atom. The molecule has 0 radical (unpaired) electrons. The van der Waals surface area contributed by atoms with Crippen LogP contribution in [0.3, 0.4) is 0 Å². The lowest BCUT2D eigenvalue weighted by molar-refractivity contribution is 0.237. The monoisotopic (exact) mass is 282 g/mol. The molecule has 5 heteroatoms. The third-order valence-electron chi connectivity index (χ3n) is 3.49. The average Bonchev–Trinajstić information content (AvgIpc) is 2.39. The van der Waals surface area contributed by atoms with Gasteiger partial charge in [0, 0.05) is 25.0 Å². The Hall–Kier alpha value is -1.07. The van der Waals surface area contributed by atoms with Crippen molar-refractivity contribution in [2.75, 3.05) is 37.8 Å². The summed E-state index contributed by atoms with van der Waals surface area (Å²) in [6, 6.07) is 6.95. The molecule has 2 rings (SSSR count). The highest BCUT2D eigenvalue weighted by molar-refractivity contribution is 7.90. The Morgan fingerprint density at radius 2 is 1.74 bits per heavy atom. The number of hydrogen-bond acceptors (Lipinski definition) is 4. The van der Waals surface area contributed by atoms with Crippen molar-refractivity contribution in [2.45, 2.75) is 24.2 Å². The van der Waals surface area contributed by atoms with Crippen LogP contribution < -0.4 is 5.32 Å². The molecule has 106 valence electrons. The van der Waals surface area contributed by atoms with Crippen molar-refractivity contribution in [3.05, 3.63) is 24.3 Å². The van der Waals surface area contributed by atoms with Gasteiger partial charge >= 0.3 is 0 Å². The van der Waals surface area contributed by atoms with Gasteiger partial charge in [0.25, 0.3) is 0 Å². The predicted octanol–water partition coefficient (Wildman–Crippen LogP) is 1.99. The van der Waals surface area contributed by atoms with Crippen LogP contribution in [0.4, 0.5) is 5.69 Å². The van der Waals surface area contributed by atoms with E-state index in [9.17, 15) is 8.42 Å². The van der Waals surface area contributed by atoms with Crippen LogP contribution in [0.1, 0.15) is 19.3 Å². The zero-order valence-corrected chi connectivity index (χ0v) is 12.2. The fraction of sp³-hybridized carbons (Fsp3) is 0.571. The second kappa shape index (κ2) is 6.39. The van der Waals surface area contributed by atoms with E-state index in [2.05, 4.69) is 10.2 Å². The highest BCUT2D eigenvalue weighted by atomic mass is 32.2. The van der Waals surface area contributed by atoms with Crippen LogP contribution in [0.15, 0.2) is 29.2 Å². The Labute approximate surface area is 115 Å². The summed E-state index contributed by atoms with van der Waals surface area (Å²) in [5.41, 5.74) is 0.976. The quantitative estimate of drug-likeness (QED) is 0.897. The first kappa shape index (κ1) is 14.3. The molecule has 1 aliphatic rings. The molecule has 0 unspecified atom stereocenters. The molecule has 0 saturated carbocycles. The molecule has 0 spiro atoms. The van der Waals surface area contributed by atoms with Gasteiger partial charge in [-0.3, -0.25) is 0 Å². The van der Waals surface area contributed by atoms with E-state index in [0.29, 0.717) is 4.90 Å². The first-order chi connectivity index (χ1) is 9.05. The number of nitrogens with zero attached hydrogens (tertiary/aromatic N) is 1. The van der Waals surface area contributed by atoms with Gasteiger partial charge < -0.3 is 10.2 Å². The second-order valence-corrected chi connectivity index (χ2v) is 7.14. The van der Waals surface area contributed by atoms with E-state index in [-0.39, 0.29) is 0 Å². The van der Waals surface area contributed by atoms with Crippen LogP contribution in [0, 0.1) is 0 Å². The van der Waals surface area contributed by atoms with E-state index in [4.69, 9.17) is 0 Å². The Bertz CT molecular complexity index is 491. The minimum Gasteiger partial charge on any atom is -0.384 e. The summed E-state index contributed by atoms with van der Waals surface area (Å²) < 4.78 is 22.7. The standard InChI is InChI=1S/C14H22N2O2S/c1-19(17,18)14-7-5-13(6-8-14)15-9-12-16-10-3-2-4-11-16/h5-8,15H,2-4,9-12H2,1H3. The molecule has 0 atom stereocenters. The van der Waals surface area contributed by atoms with Gasteiger partial charge in [0.15, 0.2) is 9.84 Å². The molecule has 1 N–H and O–H groups in total. The van der Waals surface area contributed by atoms with Gasteiger partial charge in [0.1, 0.15) is 0 Å². The summed E-state index contributed by atoms with van der Waals surface area (Å²) in [7, 11) is -3.09. The zero-order chi connectivity index (χ0) is 13.7. The van der Waals surface area contributed by atoms with Crippen molar-refractivity contribution in [1.29, 1.82) is 0 Å². The van der Waals surface area contributed by atoms with Gasteiger partial charge in [-0.05, 0) is 50.2 Å². The smallest absolute Gasteiger partial charge is 0.175 e. The van der Waals surface area contributed by atoms with Crippen LogP contribution in [-0.2, 0) is 9.84 Å². The van der Waals surface area contributed by atoms with E-state index in [1.807, 2.05) is 12.1 Å². The maximum atomic E-state index is 11.3. The van der Waals surface area contributed by atoms with Crippen LogP contribution in [0.25, 0.3) is 0 Å². The van der Waals surface area contributed by atoms with E-state index in [1.54, 1.807) is 12.1 Å². The van der Waals surface area contributed by atoms with Gasteiger partial charge in [0.05, 0.1) is 4.90 Å². The molecule has 0 bridgehead atoms. The topological polar surface area (TPSA) is 49.4 Å². The molecule has 0 aromatic heterocycles. The second-order valence-electron chi connectivity index (χ2n) is 5.13. The summed E-state index contributed by atoms with van der Waals surface area (Å²) in [5.74, 6) is 0. The number of anilines is 1. The van der Waals surface area contributed by atoms with Crippen LogP contribution in [-0.4, -0.2) is 45.8 Å². The number of benzene rings is 1. The van der Waals surface area contributed by atoms with Crippen molar-refractivity contribution in [1.82, 2.24) is 4.90 Å². The van der Waals surface area contributed by atoms with Crippen molar-refractivity contribution in [2.24, 2.45) is 0 Å². The number of likely N-dealkylation sites (tertiary alicyclic amines) is 1. The molecule has 1 aromatic rings. The molecule has 1 heterocycles. The summed E-state index contributed by atoms with van der Waals surface area (Å²) in [5, 5.41) is 3.33. The number of rotatable bonds is 5. The molecular formula is C14H22N2O2S. The van der Waals surface area contributed by atoms with Gasteiger partial charge in [-0.2, -0.15) is 0 Å². The zero-order valence-electron chi connectivity index (χ0n) is 11.4. The van der Waals surface area contributed by atoms with Crippen LogP contribution in [0.2, 0.25) is 0 Å². The third kappa shape index (κ3) is 4.51. The molecule has 4 nitrogen and oxygen atoms in total. The fourth-order valence-corrected chi connectivity index (χ4v) is 2.99. The van der Waals surface area contributed by atoms with Crippen molar-refractivity contribution in [3.63, 3.8) is 0 Å². The first-order valence-electron chi connectivity index (χ1n) is 6.82. The van der Waals surface area contributed by atoms with Crippen molar-refractivity contribution < 1.29 is 8.42 Å². The maximum absolute atomic E-state index is 11.3. The Kier molecular flexibility index (Phi) is 4.82. The Balaban J connectivity index is 1.80. The predicted molar refractivity (Wildman–Crippen MR) is 78.3 cm³/mol. The van der Waals surface area contributed by atoms with Gasteiger partial charge in [-0.25, -0.2) is 8.42 Å². The van der Waals surface area contributed by atoms with E-state index in [0.717, 1.165) is 18.8 Å². The van der Waals surface area contributed by atoms with E-state index >= 15 is 0 Å². The SMILES string of the molecule is CS(=O)(=O)c1ccc(NCCN2CCCCC2)cc1. The van der Waals surface area contributed by atoms with Crippen molar-refractivity contribution >= 4 is 15.5 Å². The van der Waals surface area contributed by atoms with Gasteiger partial charge in [-0.15, -0.1) is 0 Å². The summed E-state index contributed by atoms with van der Waals surface area (Å²) in [6.07, 6.45) is 5.20. The molecule has 1 fully saturated rings. The summed E-state index contributed by atoms with van der Waals surface area (Å²) in [6.45, 7) is 4.36. The number of hydrogen-bond donors (Lipinski definition) is 1. The Morgan fingerprint density at radius 1 is 1.11 bits per heavy atom. The highest BCUT2D eigenvalue weighted by Crippen LogP contribution is 2.14. The minimum atomic E-state index is -3.09. The molecule has 1 aromatic carbocycles. The molecule has 0 aliphatic carbocycles. The minimum absolute atomic E-state index is 0.370. The average molecular weight is 282 g/mol. The molecule has 1 saturated heterocycles. The number of piperidine rings is 1. The highest BCUT2D eigenvalue weighted by Gasteiger charge is 2.09. The fourth-order valence-electron chi connectivity index (χ4n) is 2.36. The van der Waals surface area contributed by atoms with Gasteiger partial charge in [-0.1, -0.05) is 6.42 Å². The van der Waals surface area contributed by atoms with E-state index in [1.165, 1.54) is 38.6 Å². The molecular weight excluding hydrogens is 260 g/mol. The normalized spacial score (nSPS) is 17.3. The van der Waals surface area contributed by atoms with Crippen LogP contribution in [0.5, 0.6) is 0 Å². The lowest BCUT2D eigenvalue weighted by atomic mass is 10.1. The van der Waals surface area contributed by atoms with Crippen LogP contribution >= 0.6 is 0 Å². The van der Waals surface area contributed by atoms with Gasteiger partial charge in [0.2, 0.25) is 0 Å². The molecule has 19 heavy (non-hydrogen) atoms.